The molecule has 0 fully saturated rings. The van der Waals surface area contributed by atoms with Crippen molar-refractivity contribution in [2.24, 2.45) is 0 Å². The summed E-state index contributed by atoms with van der Waals surface area (Å²) in [4.78, 5) is 13.0. The van der Waals surface area contributed by atoms with E-state index in [1.165, 1.54) is 36.4 Å². The molecule has 168 valence electrons. The second kappa shape index (κ2) is 9.08. The molecule has 5 nitrogen and oxygen atoms in total. The van der Waals surface area contributed by atoms with Gasteiger partial charge in [0.25, 0.3) is 5.91 Å². The van der Waals surface area contributed by atoms with Crippen molar-refractivity contribution in [1.82, 2.24) is 0 Å². The van der Waals surface area contributed by atoms with Gasteiger partial charge in [0.05, 0.1) is 11.4 Å². The summed E-state index contributed by atoms with van der Waals surface area (Å²) in [5.74, 6) is -1.51. The summed E-state index contributed by atoms with van der Waals surface area (Å²) in [6, 6.07) is 17.0. The Morgan fingerprint density at radius 2 is 1.16 bits per heavy atom. The second-order valence-corrected chi connectivity index (χ2v) is 6.23. The highest BCUT2D eigenvalue weighted by Crippen LogP contribution is 2.28. The van der Waals surface area contributed by atoms with Gasteiger partial charge in [-0.05, 0) is 60.7 Å². The zero-order chi connectivity index (χ0) is 23.4. The molecule has 0 bridgehead atoms. The van der Waals surface area contributed by atoms with Crippen LogP contribution in [0.5, 0.6) is 11.5 Å². The van der Waals surface area contributed by atoms with Crippen LogP contribution in [0.15, 0.2) is 78.9 Å². The lowest BCUT2D eigenvalue weighted by molar-refractivity contribution is -0.275. The molecule has 0 heterocycles. The van der Waals surface area contributed by atoms with E-state index in [4.69, 9.17) is 0 Å². The summed E-state index contributed by atoms with van der Waals surface area (Å²) in [5.41, 5.74) is 3.37. The number of hydrogen-bond acceptors (Lipinski definition) is 4. The normalized spacial score (nSPS) is 11.6. The lowest BCUT2D eigenvalue weighted by Crippen LogP contribution is -2.36. The van der Waals surface area contributed by atoms with Gasteiger partial charge in [0.1, 0.15) is 11.5 Å². The Hall–Kier alpha value is -3.89. The van der Waals surface area contributed by atoms with Gasteiger partial charge < -0.3 is 9.47 Å². The Labute approximate surface area is 177 Å². The first-order valence-electron chi connectivity index (χ1n) is 8.88. The molecular weight excluding hydrogens is 442 g/mol. The molecular formula is C21H14F6N2O3. The Morgan fingerprint density at radius 3 is 1.62 bits per heavy atom. The third-order valence-corrected chi connectivity index (χ3v) is 3.88. The number of carbonyl (C=O) groups is 1. The minimum Gasteiger partial charge on any atom is -0.406 e. The Morgan fingerprint density at radius 1 is 0.688 bits per heavy atom. The summed E-state index contributed by atoms with van der Waals surface area (Å²) in [5, 5.41) is 1.03. The zero-order valence-corrected chi connectivity index (χ0v) is 15.9. The first kappa shape index (κ1) is 22.8. The van der Waals surface area contributed by atoms with Crippen LogP contribution < -0.4 is 19.9 Å². The van der Waals surface area contributed by atoms with Gasteiger partial charge in [-0.1, -0.05) is 18.2 Å². The summed E-state index contributed by atoms with van der Waals surface area (Å²) < 4.78 is 81.8. The van der Waals surface area contributed by atoms with E-state index in [-0.39, 0.29) is 16.9 Å². The van der Waals surface area contributed by atoms with Crippen molar-refractivity contribution >= 4 is 17.3 Å². The van der Waals surface area contributed by atoms with Crippen LogP contribution in [0.2, 0.25) is 0 Å². The molecule has 3 aromatic rings. The number of nitrogens with one attached hydrogen (secondary N) is 1. The number of ether oxygens (including phenoxy) is 2. The summed E-state index contributed by atoms with van der Waals surface area (Å²) in [6.45, 7) is 0. The monoisotopic (exact) mass is 456 g/mol. The van der Waals surface area contributed by atoms with Crippen molar-refractivity contribution in [3.8, 4) is 11.5 Å². The second-order valence-electron chi connectivity index (χ2n) is 6.23. The van der Waals surface area contributed by atoms with E-state index < -0.39 is 30.1 Å². The molecule has 0 aromatic heterocycles. The maximum absolute atomic E-state index is 13.0. The lowest BCUT2D eigenvalue weighted by Gasteiger charge is -2.25. The summed E-state index contributed by atoms with van der Waals surface area (Å²) in [6.07, 6.45) is -9.73. The minimum atomic E-state index is -4.88. The van der Waals surface area contributed by atoms with E-state index in [1.54, 1.807) is 18.2 Å². The van der Waals surface area contributed by atoms with Crippen molar-refractivity contribution in [2.75, 3.05) is 10.4 Å². The number of hydrogen-bond donors (Lipinski definition) is 1. The number of rotatable bonds is 6. The van der Waals surface area contributed by atoms with Crippen LogP contribution in [0.25, 0.3) is 0 Å². The largest absolute Gasteiger partial charge is 0.573 e. The van der Waals surface area contributed by atoms with Crippen molar-refractivity contribution in [1.29, 1.82) is 0 Å². The molecule has 1 N–H and O–H groups in total. The summed E-state index contributed by atoms with van der Waals surface area (Å²) >= 11 is 0. The summed E-state index contributed by atoms with van der Waals surface area (Å²) in [7, 11) is 0. The number of hydrazine groups is 1. The van der Waals surface area contributed by atoms with Crippen LogP contribution in [0.4, 0.5) is 37.7 Å². The predicted molar refractivity (Wildman–Crippen MR) is 103 cm³/mol. The van der Waals surface area contributed by atoms with Gasteiger partial charge in [-0.2, -0.15) is 0 Å². The standard InChI is InChI=1S/C21H14F6N2O3/c22-20(23,24)31-17-10-6-15(7-11-17)28-29(19(30)14-4-2-1-3-5-14)16-8-12-18(13-9-16)32-21(25,26)27/h1-13,28H. The molecule has 0 unspecified atom stereocenters. The Bertz CT molecular complexity index is 1040. The van der Waals surface area contributed by atoms with E-state index in [0.29, 0.717) is 0 Å². The SMILES string of the molecule is O=C(c1ccccc1)N(Nc1ccc(OC(F)(F)F)cc1)c1ccc(OC(F)(F)F)cc1. The molecule has 0 saturated heterocycles. The fraction of sp³-hybridized carbons (Fsp3) is 0.0952. The smallest absolute Gasteiger partial charge is 0.406 e. The van der Waals surface area contributed by atoms with Crippen LogP contribution in [-0.2, 0) is 0 Å². The van der Waals surface area contributed by atoms with Gasteiger partial charge in [0.15, 0.2) is 0 Å². The number of anilines is 2. The van der Waals surface area contributed by atoms with Crippen molar-refractivity contribution in [3.05, 3.63) is 84.4 Å². The van der Waals surface area contributed by atoms with Gasteiger partial charge in [-0.15, -0.1) is 26.3 Å². The maximum Gasteiger partial charge on any atom is 0.573 e. The number of carbonyl (C=O) groups excluding carboxylic acids is 1. The maximum atomic E-state index is 13.0. The lowest BCUT2D eigenvalue weighted by atomic mass is 10.2. The topological polar surface area (TPSA) is 50.8 Å². The molecule has 0 saturated carbocycles. The third-order valence-electron chi connectivity index (χ3n) is 3.88. The molecule has 0 radical (unpaired) electrons. The third kappa shape index (κ3) is 6.56. The van der Waals surface area contributed by atoms with E-state index >= 15 is 0 Å². The first-order valence-corrected chi connectivity index (χ1v) is 8.88. The molecule has 0 aliphatic heterocycles. The average Bonchev–Trinajstić information content (AvgIpc) is 2.72. The number of amides is 1. The highest BCUT2D eigenvalue weighted by Gasteiger charge is 2.32. The predicted octanol–water partition coefficient (Wildman–Crippen LogP) is 6.16. The van der Waals surface area contributed by atoms with Crippen molar-refractivity contribution in [2.45, 2.75) is 12.7 Å². The average molecular weight is 456 g/mol. The molecule has 0 aliphatic carbocycles. The van der Waals surface area contributed by atoms with Gasteiger partial charge in [-0.3, -0.25) is 10.2 Å². The van der Waals surface area contributed by atoms with Crippen LogP contribution in [0.1, 0.15) is 10.4 Å². The molecule has 11 heteroatoms. The van der Waals surface area contributed by atoms with Gasteiger partial charge in [-0.25, -0.2) is 5.01 Å². The Balaban J connectivity index is 1.87. The number of halogens is 6. The van der Waals surface area contributed by atoms with E-state index in [2.05, 4.69) is 14.9 Å². The fourth-order valence-electron chi connectivity index (χ4n) is 2.60. The fourth-order valence-corrected chi connectivity index (χ4v) is 2.60. The highest BCUT2D eigenvalue weighted by atomic mass is 19.4. The minimum absolute atomic E-state index is 0.156. The molecule has 0 spiro atoms. The Kier molecular flexibility index (Phi) is 6.47. The molecule has 3 aromatic carbocycles. The van der Waals surface area contributed by atoms with Gasteiger partial charge >= 0.3 is 12.7 Å². The first-order chi connectivity index (χ1) is 15.0. The van der Waals surface area contributed by atoms with Gasteiger partial charge in [0, 0.05) is 5.56 Å². The quantitative estimate of drug-likeness (QED) is 0.357. The van der Waals surface area contributed by atoms with Crippen LogP contribution in [0.3, 0.4) is 0 Å². The highest BCUT2D eigenvalue weighted by molar-refractivity contribution is 6.07. The van der Waals surface area contributed by atoms with Crippen molar-refractivity contribution in [3.63, 3.8) is 0 Å². The zero-order valence-electron chi connectivity index (χ0n) is 15.9. The van der Waals surface area contributed by atoms with Gasteiger partial charge in [0.2, 0.25) is 0 Å². The number of nitrogens with zero attached hydrogens (tertiary/aromatic N) is 1. The van der Waals surface area contributed by atoms with Crippen LogP contribution in [-0.4, -0.2) is 18.6 Å². The van der Waals surface area contributed by atoms with Crippen molar-refractivity contribution < 1.29 is 40.6 Å². The number of benzene rings is 3. The van der Waals surface area contributed by atoms with E-state index in [9.17, 15) is 31.1 Å². The molecule has 0 aliphatic rings. The van der Waals surface area contributed by atoms with Crippen LogP contribution in [0, 0.1) is 0 Å². The molecule has 0 atom stereocenters. The molecule has 1 amide bonds. The molecule has 3 rings (SSSR count). The van der Waals surface area contributed by atoms with E-state index in [1.807, 2.05) is 0 Å². The van der Waals surface area contributed by atoms with Crippen LogP contribution >= 0.6 is 0 Å². The molecule has 32 heavy (non-hydrogen) atoms. The van der Waals surface area contributed by atoms with E-state index in [0.717, 1.165) is 29.3 Å². The number of alkyl halides is 6.